The van der Waals surface area contributed by atoms with Crippen molar-refractivity contribution in [3.05, 3.63) is 46.7 Å². The van der Waals surface area contributed by atoms with Gasteiger partial charge in [-0.05, 0) is 71.8 Å². The van der Waals surface area contributed by atoms with Crippen LogP contribution in [0, 0.1) is 6.92 Å². The van der Waals surface area contributed by atoms with Crippen LogP contribution in [0.2, 0.25) is 0 Å². The van der Waals surface area contributed by atoms with Gasteiger partial charge in [-0.1, -0.05) is 13.8 Å². The fraction of sp³-hybridized carbons (Fsp3) is 0.520. The summed E-state index contributed by atoms with van der Waals surface area (Å²) in [6.07, 6.45) is 2.13. The Morgan fingerprint density at radius 1 is 1.15 bits per heavy atom. The number of hydrogen-bond donors (Lipinski definition) is 2. The van der Waals surface area contributed by atoms with Gasteiger partial charge in [-0.15, -0.1) is 0 Å². The lowest BCUT2D eigenvalue weighted by molar-refractivity contribution is 0.0829. The van der Waals surface area contributed by atoms with Gasteiger partial charge in [0, 0.05) is 11.6 Å². The first-order valence-corrected chi connectivity index (χ1v) is 11.9. The monoisotopic (exact) mass is 466 g/mol. The predicted molar refractivity (Wildman–Crippen MR) is 130 cm³/mol. The number of fused-ring (bicyclic) bond motifs is 1. The number of aryl methyl sites for hydroxylation is 1. The summed E-state index contributed by atoms with van der Waals surface area (Å²) in [6.45, 7) is 14.6. The number of carbonyl (C=O) groups excluding carboxylic acids is 2. The zero-order valence-electron chi connectivity index (χ0n) is 20.9. The lowest BCUT2D eigenvalue weighted by Gasteiger charge is -2.20. The number of amides is 2. The largest absolute Gasteiger partial charge is 0.454 e. The third kappa shape index (κ3) is 4.84. The average molecular weight is 467 g/mol. The molecule has 0 aliphatic heterocycles. The van der Waals surface area contributed by atoms with Crippen molar-refractivity contribution >= 4 is 22.8 Å². The minimum Gasteiger partial charge on any atom is -0.454 e. The van der Waals surface area contributed by atoms with Crippen LogP contribution in [0.5, 0.6) is 0 Å². The summed E-state index contributed by atoms with van der Waals surface area (Å²) >= 11 is 0. The molecule has 0 spiro atoms. The van der Waals surface area contributed by atoms with E-state index in [-0.39, 0.29) is 11.3 Å². The summed E-state index contributed by atoms with van der Waals surface area (Å²) in [5.74, 6) is 0.303. The van der Waals surface area contributed by atoms with Gasteiger partial charge in [0.05, 0.1) is 28.7 Å². The molecule has 0 radical (unpaired) electrons. The van der Waals surface area contributed by atoms with Crippen LogP contribution in [-0.4, -0.2) is 44.6 Å². The van der Waals surface area contributed by atoms with Crippen molar-refractivity contribution in [1.29, 1.82) is 0 Å². The fourth-order valence-electron chi connectivity index (χ4n) is 4.04. The van der Waals surface area contributed by atoms with Crippen molar-refractivity contribution in [2.24, 2.45) is 0 Å². The zero-order valence-corrected chi connectivity index (χ0v) is 20.9. The van der Waals surface area contributed by atoms with Gasteiger partial charge in [0.1, 0.15) is 5.76 Å². The van der Waals surface area contributed by atoms with E-state index in [9.17, 15) is 9.59 Å². The molecule has 34 heavy (non-hydrogen) atoms. The van der Waals surface area contributed by atoms with E-state index in [2.05, 4.69) is 55.5 Å². The van der Waals surface area contributed by atoms with Gasteiger partial charge in [0.15, 0.2) is 11.4 Å². The van der Waals surface area contributed by atoms with Gasteiger partial charge in [0.25, 0.3) is 5.91 Å². The molecule has 0 aromatic carbocycles. The molecule has 3 heterocycles. The lowest BCUT2D eigenvalue weighted by atomic mass is 10.1. The van der Waals surface area contributed by atoms with Gasteiger partial charge in [-0.25, -0.2) is 9.67 Å². The van der Waals surface area contributed by atoms with Gasteiger partial charge in [-0.3, -0.25) is 25.3 Å². The highest BCUT2D eigenvalue weighted by Gasteiger charge is 2.30. The first-order valence-electron chi connectivity index (χ1n) is 11.9. The highest BCUT2D eigenvalue weighted by Crippen LogP contribution is 2.41. The van der Waals surface area contributed by atoms with Gasteiger partial charge >= 0.3 is 5.91 Å². The van der Waals surface area contributed by atoms with E-state index in [0.29, 0.717) is 34.8 Å². The highest BCUT2D eigenvalue weighted by molar-refractivity contribution is 6.07. The molecule has 182 valence electrons. The van der Waals surface area contributed by atoms with E-state index in [1.807, 2.05) is 17.7 Å². The molecule has 0 bridgehead atoms. The van der Waals surface area contributed by atoms with Crippen LogP contribution in [0.25, 0.3) is 11.0 Å². The Morgan fingerprint density at radius 2 is 1.82 bits per heavy atom. The normalized spacial score (nSPS) is 14.1. The third-order valence-corrected chi connectivity index (χ3v) is 6.16. The lowest BCUT2D eigenvalue weighted by Crippen LogP contribution is -2.41. The molecule has 0 unspecified atom stereocenters. The molecule has 0 atom stereocenters. The molecular weight excluding hydrogens is 432 g/mol. The molecular formula is C25H34N6O3. The molecule has 1 aliphatic rings. The third-order valence-electron chi connectivity index (χ3n) is 6.16. The Balaban J connectivity index is 1.55. The number of furan rings is 1. The summed E-state index contributed by atoms with van der Waals surface area (Å²) in [5, 5.41) is 5.38. The van der Waals surface area contributed by atoms with Crippen LogP contribution >= 0.6 is 0 Å². The van der Waals surface area contributed by atoms with Gasteiger partial charge in [0.2, 0.25) is 0 Å². The van der Waals surface area contributed by atoms with Crippen molar-refractivity contribution in [3.8, 4) is 0 Å². The van der Waals surface area contributed by atoms with Crippen LogP contribution in [0.15, 0.2) is 22.6 Å². The Hall–Kier alpha value is -3.20. The molecule has 3 aromatic rings. The maximum atomic E-state index is 13.2. The molecule has 2 N–H and O–H groups in total. The van der Waals surface area contributed by atoms with Crippen molar-refractivity contribution in [3.63, 3.8) is 0 Å². The molecule has 4 rings (SSSR count). The highest BCUT2D eigenvalue weighted by atomic mass is 16.4. The minimum atomic E-state index is -0.506. The van der Waals surface area contributed by atoms with Gasteiger partial charge in [-0.2, -0.15) is 5.10 Å². The summed E-state index contributed by atoms with van der Waals surface area (Å²) in [4.78, 5) is 32.9. The number of aromatic nitrogens is 3. The minimum absolute atomic E-state index is 0.151. The van der Waals surface area contributed by atoms with Gasteiger partial charge < -0.3 is 4.42 Å². The maximum Gasteiger partial charge on any atom is 0.305 e. The molecule has 0 saturated heterocycles. The Labute approximate surface area is 199 Å². The Kier molecular flexibility index (Phi) is 6.49. The number of nitrogens with one attached hydrogen (secondary N) is 2. The Morgan fingerprint density at radius 3 is 2.44 bits per heavy atom. The molecule has 9 nitrogen and oxygen atoms in total. The number of nitrogens with zero attached hydrogens (tertiary/aromatic N) is 4. The van der Waals surface area contributed by atoms with Crippen LogP contribution < -0.4 is 10.9 Å². The van der Waals surface area contributed by atoms with Crippen molar-refractivity contribution in [1.82, 2.24) is 30.5 Å². The van der Waals surface area contributed by atoms with E-state index >= 15 is 0 Å². The number of hydrogen-bond acceptors (Lipinski definition) is 6. The first kappa shape index (κ1) is 23.9. The summed E-state index contributed by atoms with van der Waals surface area (Å²) < 4.78 is 7.55. The number of rotatable bonds is 7. The second-order valence-corrected chi connectivity index (χ2v) is 9.87. The average Bonchev–Trinajstić information content (AvgIpc) is 3.45. The number of hydrazine groups is 1. The van der Waals surface area contributed by atoms with Crippen molar-refractivity contribution in [2.75, 3.05) is 13.1 Å². The van der Waals surface area contributed by atoms with E-state index in [4.69, 9.17) is 9.40 Å². The van der Waals surface area contributed by atoms with Crippen LogP contribution in [0.4, 0.5) is 0 Å². The molecule has 9 heteroatoms. The molecule has 2 amide bonds. The zero-order chi connectivity index (χ0) is 24.6. The second kappa shape index (κ2) is 9.21. The van der Waals surface area contributed by atoms with E-state index < -0.39 is 11.8 Å². The van der Waals surface area contributed by atoms with Crippen molar-refractivity contribution in [2.45, 2.75) is 72.4 Å². The van der Waals surface area contributed by atoms with E-state index in [1.165, 1.54) is 0 Å². The molecule has 1 saturated carbocycles. The SMILES string of the molecule is CCN(CC)Cc1ccc(C(=O)NNC(=O)c2cc(C3CC3)nc3c2c(C)nn3C(C)(C)C)o1. The quantitative estimate of drug-likeness (QED) is 0.512. The molecule has 3 aromatic heterocycles. The fourth-order valence-corrected chi connectivity index (χ4v) is 4.04. The predicted octanol–water partition coefficient (Wildman–Crippen LogP) is 3.88. The summed E-state index contributed by atoms with van der Waals surface area (Å²) in [5.41, 5.74) is 7.52. The summed E-state index contributed by atoms with van der Waals surface area (Å²) in [6, 6.07) is 5.24. The first-order chi connectivity index (χ1) is 16.1. The molecule has 1 aliphatic carbocycles. The summed E-state index contributed by atoms with van der Waals surface area (Å²) in [7, 11) is 0. The number of carbonyl (C=O) groups is 2. The smallest absolute Gasteiger partial charge is 0.305 e. The van der Waals surface area contributed by atoms with Crippen LogP contribution in [0.3, 0.4) is 0 Å². The van der Waals surface area contributed by atoms with Crippen LogP contribution in [0.1, 0.15) is 91.4 Å². The second-order valence-electron chi connectivity index (χ2n) is 9.87. The van der Waals surface area contributed by atoms with E-state index in [0.717, 1.165) is 37.3 Å². The van der Waals surface area contributed by atoms with E-state index in [1.54, 1.807) is 12.1 Å². The van der Waals surface area contributed by atoms with Crippen LogP contribution in [-0.2, 0) is 12.1 Å². The maximum absolute atomic E-state index is 13.2. The Bertz CT molecular complexity index is 1210. The standard InChI is InChI=1S/C25H34N6O3/c1-7-30(8-2)14-17-11-12-20(34-17)24(33)28-27-23(32)18-13-19(16-9-10-16)26-22-21(18)15(3)29-31(22)25(4,5)6/h11-13,16H,7-10,14H2,1-6H3,(H,27,32)(H,28,33). The topological polar surface area (TPSA) is 105 Å². The van der Waals surface area contributed by atoms with Crippen molar-refractivity contribution < 1.29 is 14.0 Å². The molecule has 1 fully saturated rings. The number of pyridine rings is 1.